The number of aromatic nitrogens is 3. The molecule has 0 saturated carbocycles. The first-order chi connectivity index (χ1) is 8.85. The van der Waals surface area contributed by atoms with Gasteiger partial charge in [0.1, 0.15) is 5.82 Å². The topological polar surface area (TPSA) is 62.8 Å². The van der Waals surface area contributed by atoms with Crippen molar-refractivity contribution in [2.45, 2.75) is 32.2 Å². The minimum absolute atomic E-state index is 0.553. The fraction of sp³-hybridized carbons (Fsp3) is 0.538. The summed E-state index contributed by atoms with van der Waals surface area (Å²) in [6, 6.07) is 4.41. The molecule has 2 aromatic rings. The van der Waals surface area contributed by atoms with Crippen LogP contribution in [-0.2, 0) is 6.42 Å². The van der Waals surface area contributed by atoms with E-state index in [0.717, 1.165) is 30.0 Å². The maximum Gasteiger partial charge on any atom is 0.215 e. The van der Waals surface area contributed by atoms with Crippen molar-refractivity contribution in [2.24, 2.45) is 0 Å². The van der Waals surface area contributed by atoms with E-state index in [4.69, 9.17) is 4.74 Å². The third-order valence-electron chi connectivity index (χ3n) is 3.26. The van der Waals surface area contributed by atoms with Gasteiger partial charge >= 0.3 is 0 Å². The van der Waals surface area contributed by atoms with Crippen LogP contribution in [0.2, 0.25) is 0 Å². The first-order valence-corrected chi connectivity index (χ1v) is 6.57. The molecule has 1 atom stereocenters. The average Bonchev–Trinajstić information content (AvgIpc) is 2.98. The zero-order valence-electron chi connectivity index (χ0n) is 10.6. The summed E-state index contributed by atoms with van der Waals surface area (Å²) in [5, 5.41) is 3.48. The Morgan fingerprint density at radius 1 is 1.39 bits per heavy atom. The molecule has 1 unspecified atom stereocenters. The molecule has 1 aliphatic heterocycles. The molecule has 0 amide bonds. The molecule has 2 N–H and O–H groups in total. The van der Waals surface area contributed by atoms with E-state index in [-0.39, 0.29) is 0 Å². The maximum atomic E-state index is 5.38. The predicted octanol–water partition coefficient (Wildman–Crippen LogP) is 1.65. The summed E-state index contributed by atoms with van der Waals surface area (Å²) in [6.45, 7) is 3.70. The lowest BCUT2D eigenvalue weighted by molar-refractivity contribution is 0.328. The Labute approximate surface area is 106 Å². The van der Waals surface area contributed by atoms with Crippen LogP contribution >= 0.6 is 0 Å². The van der Waals surface area contributed by atoms with Gasteiger partial charge < -0.3 is 15.0 Å². The molecule has 0 spiro atoms. The Bertz CT molecular complexity index is 531. The second kappa shape index (κ2) is 4.94. The molecule has 0 aliphatic carbocycles. The monoisotopic (exact) mass is 246 g/mol. The van der Waals surface area contributed by atoms with Crippen LogP contribution in [0.3, 0.4) is 0 Å². The van der Waals surface area contributed by atoms with Crippen LogP contribution < -0.4 is 10.1 Å². The molecule has 3 rings (SSSR count). The lowest BCUT2D eigenvalue weighted by Crippen LogP contribution is -2.24. The van der Waals surface area contributed by atoms with Crippen molar-refractivity contribution in [1.82, 2.24) is 20.3 Å². The van der Waals surface area contributed by atoms with Crippen molar-refractivity contribution < 1.29 is 4.74 Å². The van der Waals surface area contributed by atoms with E-state index >= 15 is 0 Å². The van der Waals surface area contributed by atoms with E-state index < -0.39 is 0 Å². The number of hydrogen-bond acceptors (Lipinski definition) is 4. The number of nitrogens with zero attached hydrogens (tertiary/aromatic N) is 2. The van der Waals surface area contributed by atoms with Gasteiger partial charge in [0.05, 0.1) is 12.1 Å². The van der Waals surface area contributed by atoms with Gasteiger partial charge in [-0.05, 0) is 32.4 Å². The summed E-state index contributed by atoms with van der Waals surface area (Å²) in [7, 11) is 0. The molecular weight excluding hydrogens is 228 g/mol. The van der Waals surface area contributed by atoms with E-state index in [1.807, 2.05) is 19.1 Å². The Morgan fingerprint density at radius 2 is 2.33 bits per heavy atom. The van der Waals surface area contributed by atoms with Crippen LogP contribution in [0.15, 0.2) is 12.1 Å². The van der Waals surface area contributed by atoms with Crippen LogP contribution in [0.25, 0.3) is 11.2 Å². The van der Waals surface area contributed by atoms with Gasteiger partial charge in [0.15, 0.2) is 5.65 Å². The van der Waals surface area contributed by atoms with Crippen LogP contribution in [-0.4, -0.2) is 34.1 Å². The van der Waals surface area contributed by atoms with Crippen molar-refractivity contribution in [3.63, 3.8) is 0 Å². The maximum absolute atomic E-state index is 5.38. The molecule has 18 heavy (non-hydrogen) atoms. The Kier molecular flexibility index (Phi) is 3.15. The molecule has 0 bridgehead atoms. The zero-order valence-corrected chi connectivity index (χ0v) is 10.6. The van der Waals surface area contributed by atoms with Crippen molar-refractivity contribution in [2.75, 3.05) is 13.2 Å². The van der Waals surface area contributed by atoms with E-state index in [1.54, 1.807) is 0 Å². The summed E-state index contributed by atoms with van der Waals surface area (Å²) in [4.78, 5) is 12.2. The van der Waals surface area contributed by atoms with Crippen LogP contribution in [0.4, 0.5) is 0 Å². The number of H-pyrrole nitrogens is 1. The van der Waals surface area contributed by atoms with Crippen molar-refractivity contribution in [1.29, 1.82) is 0 Å². The van der Waals surface area contributed by atoms with Gasteiger partial charge in [-0.25, -0.2) is 4.98 Å². The first-order valence-electron chi connectivity index (χ1n) is 6.57. The molecule has 5 nitrogen and oxygen atoms in total. The molecule has 0 aromatic carbocycles. The number of imidazole rings is 1. The second-order valence-corrected chi connectivity index (χ2v) is 4.63. The van der Waals surface area contributed by atoms with Gasteiger partial charge in [-0.3, -0.25) is 0 Å². The number of ether oxygens (including phenoxy) is 1. The highest BCUT2D eigenvalue weighted by atomic mass is 16.5. The van der Waals surface area contributed by atoms with Gasteiger partial charge in [0.2, 0.25) is 5.88 Å². The Morgan fingerprint density at radius 3 is 3.11 bits per heavy atom. The summed E-state index contributed by atoms with van der Waals surface area (Å²) in [5.41, 5.74) is 1.72. The normalized spacial score (nSPS) is 19.5. The molecule has 1 fully saturated rings. The Balaban J connectivity index is 1.81. The van der Waals surface area contributed by atoms with Gasteiger partial charge in [0, 0.05) is 18.5 Å². The largest absolute Gasteiger partial charge is 0.478 e. The summed E-state index contributed by atoms with van der Waals surface area (Å²) in [5.74, 6) is 1.65. The SMILES string of the molecule is CCOc1ccc2[nH]c(CC3CCCN3)nc2n1. The van der Waals surface area contributed by atoms with Crippen molar-refractivity contribution >= 4 is 11.2 Å². The number of fused-ring (bicyclic) bond motifs is 1. The summed E-state index contributed by atoms with van der Waals surface area (Å²) < 4.78 is 5.38. The molecule has 96 valence electrons. The standard InChI is InChI=1S/C13H18N4O/c1-2-18-12-6-5-10-13(17-12)16-11(15-10)8-9-4-3-7-14-9/h5-6,9,14H,2-4,7-8H2,1H3,(H,15,16,17). The molecule has 1 aliphatic rings. The fourth-order valence-corrected chi connectivity index (χ4v) is 2.41. The lowest BCUT2D eigenvalue weighted by atomic mass is 10.1. The molecule has 1 saturated heterocycles. The minimum Gasteiger partial charge on any atom is -0.478 e. The van der Waals surface area contributed by atoms with Gasteiger partial charge in [-0.2, -0.15) is 4.98 Å². The highest BCUT2D eigenvalue weighted by Crippen LogP contribution is 2.16. The minimum atomic E-state index is 0.553. The average molecular weight is 246 g/mol. The molecule has 0 radical (unpaired) electrons. The lowest BCUT2D eigenvalue weighted by Gasteiger charge is -2.06. The number of hydrogen-bond donors (Lipinski definition) is 2. The molecule has 2 aromatic heterocycles. The van der Waals surface area contributed by atoms with Crippen LogP contribution in [0.1, 0.15) is 25.6 Å². The molecule has 3 heterocycles. The summed E-state index contributed by atoms with van der Waals surface area (Å²) in [6.07, 6.45) is 3.44. The fourth-order valence-electron chi connectivity index (χ4n) is 2.41. The number of aromatic amines is 1. The quantitative estimate of drug-likeness (QED) is 0.861. The van der Waals surface area contributed by atoms with Crippen LogP contribution in [0.5, 0.6) is 5.88 Å². The van der Waals surface area contributed by atoms with Gasteiger partial charge in [-0.1, -0.05) is 0 Å². The van der Waals surface area contributed by atoms with E-state index in [9.17, 15) is 0 Å². The Hall–Kier alpha value is -1.62. The van der Waals surface area contributed by atoms with Crippen molar-refractivity contribution in [3.05, 3.63) is 18.0 Å². The van der Waals surface area contributed by atoms with Crippen molar-refractivity contribution in [3.8, 4) is 5.88 Å². The van der Waals surface area contributed by atoms with Crippen LogP contribution in [0, 0.1) is 0 Å². The number of nitrogens with one attached hydrogen (secondary N) is 2. The molecule has 5 heteroatoms. The van der Waals surface area contributed by atoms with Gasteiger partial charge in [-0.15, -0.1) is 0 Å². The highest BCUT2D eigenvalue weighted by Gasteiger charge is 2.16. The number of rotatable bonds is 4. The third kappa shape index (κ3) is 2.31. The van der Waals surface area contributed by atoms with E-state index in [2.05, 4.69) is 20.3 Å². The predicted molar refractivity (Wildman–Crippen MR) is 69.8 cm³/mol. The first kappa shape index (κ1) is 11.5. The second-order valence-electron chi connectivity index (χ2n) is 4.63. The highest BCUT2D eigenvalue weighted by molar-refractivity contribution is 5.71. The smallest absolute Gasteiger partial charge is 0.215 e. The zero-order chi connectivity index (χ0) is 12.4. The van der Waals surface area contributed by atoms with Gasteiger partial charge in [0.25, 0.3) is 0 Å². The molecular formula is C13H18N4O. The van der Waals surface area contributed by atoms with E-state index in [0.29, 0.717) is 18.5 Å². The third-order valence-corrected chi connectivity index (χ3v) is 3.26. The number of pyridine rings is 1. The van der Waals surface area contributed by atoms with E-state index in [1.165, 1.54) is 12.8 Å². The summed E-state index contributed by atoms with van der Waals surface area (Å²) >= 11 is 0.